The van der Waals surface area contributed by atoms with Crippen LogP contribution in [0.25, 0.3) is 10.9 Å². The zero-order valence-corrected chi connectivity index (χ0v) is 12.6. The van der Waals surface area contributed by atoms with Crippen LogP contribution >= 0.6 is 11.6 Å². The van der Waals surface area contributed by atoms with Crippen LogP contribution in [0.3, 0.4) is 0 Å². The number of halogens is 1. The molecular weight excluding hydrogens is 282 g/mol. The highest BCUT2D eigenvalue weighted by atomic mass is 35.5. The van der Waals surface area contributed by atoms with E-state index in [9.17, 15) is 0 Å². The molecule has 0 amide bonds. The van der Waals surface area contributed by atoms with Crippen molar-refractivity contribution in [3.63, 3.8) is 0 Å². The maximum absolute atomic E-state index is 8.71. The summed E-state index contributed by atoms with van der Waals surface area (Å²) in [5, 5.41) is 10.3. The van der Waals surface area contributed by atoms with Crippen molar-refractivity contribution in [2.45, 2.75) is 44.1 Å². The van der Waals surface area contributed by atoms with E-state index < -0.39 is 0 Å². The predicted octanol–water partition coefficient (Wildman–Crippen LogP) is 4.02. The first-order valence-electron chi connectivity index (χ1n) is 7.96. The normalized spacial score (nSPS) is 33.2. The van der Waals surface area contributed by atoms with E-state index in [2.05, 4.69) is 4.57 Å². The van der Waals surface area contributed by atoms with Gasteiger partial charge in [-0.2, -0.15) is 0 Å². The third-order valence-electron chi connectivity index (χ3n) is 5.80. The number of aromatic nitrogens is 2. The number of nitrogens with zero attached hydrogens (tertiary/aromatic N) is 2. The summed E-state index contributed by atoms with van der Waals surface area (Å²) < 4.78 is 2.25. The Bertz CT molecular complexity index is 796. The molecule has 2 fully saturated rings. The minimum atomic E-state index is 0.486. The molecule has 108 valence electrons. The van der Waals surface area contributed by atoms with Gasteiger partial charge in [-0.25, -0.2) is 4.98 Å². The van der Waals surface area contributed by atoms with Gasteiger partial charge in [0.25, 0.3) is 0 Å². The summed E-state index contributed by atoms with van der Waals surface area (Å²) in [4.78, 5) is 4.94. The Morgan fingerprint density at radius 1 is 1.10 bits per heavy atom. The maximum Gasteiger partial charge on any atom is 0.136 e. The van der Waals surface area contributed by atoms with Gasteiger partial charge in [0.05, 0.1) is 10.5 Å². The maximum atomic E-state index is 8.71. The van der Waals surface area contributed by atoms with Gasteiger partial charge in [0.2, 0.25) is 0 Å². The highest BCUT2D eigenvalue weighted by Crippen LogP contribution is 2.52. The second-order valence-electron chi connectivity index (χ2n) is 7.09. The van der Waals surface area contributed by atoms with Crippen molar-refractivity contribution in [2.24, 2.45) is 11.8 Å². The van der Waals surface area contributed by atoms with Crippen molar-refractivity contribution in [2.75, 3.05) is 0 Å². The monoisotopic (exact) mass is 299 g/mol. The molecule has 2 atom stereocenters. The SMILES string of the molecule is N=c1c2cccc(Cl)c2nc2n1C1CC3CC(CC2C3)C1. The second kappa shape index (κ2) is 4.10. The smallest absolute Gasteiger partial charge is 0.136 e. The molecule has 2 unspecified atom stereocenters. The Balaban J connectivity index is 1.87. The number of benzene rings is 1. The Labute approximate surface area is 128 Å². The summed E-state index contributed by atoms with van der Waals surface area (Å²) in [7, 11) is 0. The number of fused-ring (bicyclic) bond motifs is 1. The van der Waals surface area contributed by atoms with Gasteiger partial charge in [-0.3, -0.25) is 5.41 Å². The van der Waals surface area contributed by atoms with Crippen molar-refractivity contribution >= 4 is 22.5 Å². The van der Waals surface area contributed by atoms with Crippen molar-refractivity contribution < 1.29 is 0 Å². The average Bonchev–Trinajstić information content (AvgIpc) is 2.62. The standard InChI is InChI=1S/C17H18ClN3/c18-14-3-1-2-13-15(14)20-17-11-5-9-4-10(6-11)8-12(7-9)21(17)16(13)19/h1-3,9-12,19H,4-8H2. The number of para-hydroxylation sites is 1. The molecule has 4 heteroatoms. The predicted molar refractivity (Wildman–Crippen MR) is 82.4 cm³/mol. The first kappa shape index (κ1) is 12.2. The summed E-state index contributed by atoms with van der Waals surface area (Å²) in [6.45, 7) is 0. The van der Waals surface area contributed by atoms with Gasteiger partial charge in [0.1, 0.15) is 11.3 Å². The Hall–Kier alpha value is -1.35. The summed E-state index contributed by atoms with van der Waals surface area (Å²) in [6.07, 6.45) is 6.40. The molecule has 1 aromatic heterocycles. The first-order valence-corrected chi connectivity index (χ1v) is 8.33. The van der Waals surface area contributed by atoms with E-state index in [0.717, 1.165) is 28.6 Å². The van der Waals surface area contributed by atoms with Crippen molar-refractivity contribution in [3.05, 3.63) is 34.5 Å². The Morgan fingerprint density at radius 3 is 2.62 bits per heavy atom. The molecule has 0 saturated heterocycles. The van der Waals surface area contributed by atoms with Crippen LogP contribution in [0.5, 0.6) is 0 Å². The van der Waals surface area contributed by atoms with Gasteiger partial charge in [0.15, 0.2) is 0 Å². The largest absolute Gasteiger partial charge is 0.311 e. The van der Waals surface area contributed by atoms with Gasteiger partial charge >= 0.3 is 0 Å². The van der Waals surface area contributed by atoms with E-state index in [0.29, 0.717) is 22.5 Å². The van der Waals surface area contributed by atoms with E-state index in [1.807, 2.05) is 18.2 Å². The second-order valence-corrected chi connectivity index (χ2v) is 7.49. The van der Waals surface area contributed by atoms with Gasteiger partial charge in [0, 0.05) is 17.3 Å². The third kappa shape index (κ3) is 1.61. The lowest BCUT2D eigenvalue weighted by Gasteiger charge is -2.37. The third-order valence-corrected chi connectivity index (χ3v) is 6.10. The number of rotatable bonds is 0. The Kier molecular flexibility index (Phi) is 2.38. The lowest BCUT2D eigenvalue weighted by molar-refractivity contribution is 0.150. The summed E-state index contributed by atoms with van der Waals surface area (Å²) in [5.74, 6) is 3.35. The van der Waals surface area contributed by atoms with Crippen LogP contribution in [0.4, 0.5) is 0 Å². The fourth-order valence-electron chi connectivity index (χ4n) is 5.13. The fourth-order valence-corrected chi connectivity index (χ4v) is 5.34. The van der Waals surface area contributed by atoms with Gasteiger partial charge in [-0.05, 0) is 56.1 Å². The molecule has 21 heavy (non-hydrogen) atoms. The lowest BCUT2D eigenvalue weighted by Crippen LogP contribution is -2.31. The van der Waals surface area contributed by atoms with Gasteiger partial charge < -0.3 is 4.57 Å². The summed E-state index contributed by atoms with van der Waals surface area (Å²) in [6, 6.07) is 6.28. The molecule has 6 rings (SSSR count). The van der Waals surface area contributed by atoms with Gasteiger partial charge in [-0.15, -0.1) is 0 Å². The van der Waals surface area contributed by atoms with Gasteiger partial charge in [-0.1, -0.05) is 17.7 Å². The fraction of sp³-hybridized carbons (Fsp3) is 0.529. The van der Waals surface area contributed by atoms with Crippen molar-refractivity contribution in [1.29, 1.82) is 5.41 Å². The molecule has 1 N–H and O–H groups in total. The first-order chi connectivity index (χ1) is 10.2. The van der Waals surface area contributed by atoms with Crippen molar-refractivity contribution in [3.8, 4) is 0 Å². The van der Waals surface area contributed by atoms with E-state index in [-0.39, 0.29) is 0 Å². The molecule has 1 aromatic carbocycles. The van der Waals surface area contributed by atoms with Crippen LogP contribution < -0.4 is 5.49 Å². The molecule has 3 nitrogen and oxygen atoms in total. The topological polar surface area (TPSA) is 41.7 Å². The highest BCUT2D eigenvalue weighted by Gasteiger charge is 2.43. The van der Waals surface area contributed by atoms with E-state index >= 15 is 0 Å². The minimum absolute atomic E-state index is 0.486. The minimum Gasteiger partial charge on any atom is -0.311 e. The molecule has 2 aromatic rings. The summed E-state index contributed by atoms with van der Waals surface area (Å²) >= 11 is 6.34. The number of hydrogen-bond donors (Lipinski definition) is 1. The molecule has 2 aliphatic carbocycles. The van der Waals surface area contributed by atoms with Crippen LogP contribution in [-0.2, 0) is 0 Å². The number of hydrogen-bond acceptors (Lipinski definition) is 2. The molecule has 2 aliphatic heterocycles. The molecule has 4 bridgehead atoms. The Morgan fingerprint density at radius 2 is 1.86 bits per heavy atom. The van der Waals surface area contributed by atoms with Crippen LogP contribution in [0, 0.1) is 17.2 Å². The molecule has 3 heterocycles. The van der Waals surface area contributed by atoms with Crippen LogP contribution in [0.2, 0.25) is 5.02 Å². The van der Waals surface area contributed by atoms with Crippen molar-refractivity contribution in [1.82, 2.24) is 9.55 Å². The van der Waals surface area contributed by atoms with E-state index in [1.165, 1.54) is 32.1 Å². The molecule has 0 spiro atoms. The zero-order valence-electron chi connectivity index (χ0n) is 11.8. The lowest BCUT2D eigenvalue weighted by atomic mass is 9.68. The zero-order chi connectivity index (χ0) is 14.1. The van der Waals surface area contributed by atoms with E-state index in [1.54, 1.807) is 0 Å². The van der Waals surface area contributed by atoms with Crippen LogP contribution in [0.1, 0.15) is 49.9 Å². The quantitative estimate of drug-likeness (QED) is 0.784. The molecule has 0 radical (unpaired) electrons. The molecule has 4 aliphatic rings. The van der Waals surface area contributed by atoms with Crippen LogP contribution in [-0.4, -0.2) is 9.55 Å². The highest BCUT2D eigenvalue weighted by molar-refractivity contribution is 6.34. The van der Waals surface area contributed by atoms with E-state index in [4.69, 9.17) is 22.0 Å². The number of nitrogens with one attached hydrogen (secondary N) is 1. The van der Waals surface area contributed by atoms with Crippen LogP contribution in [0.15, 0.2) is 18.2 Å². The molecule has 2 saturated carbocycles. The summed E-state index contributed by atoms with van der Waals surface area (Å²) in [5.41, 5.74) is 1.44. The average molecular weight is 300 g/mol. The molecular formula is C17H18ClN3.